The molecule has 0 saturated carbocycles. The number of rotatable bonds is 4. The molecule has 0 fully saturated rings. The smallest absolute Gasteiger partial charge is 0.373 e. The fourth-order valence-corrected chi connectivity index (χ4v) is 0.516. The molecule has 0 radical (unpaired) electrons. The normalized spacial score (nSPS) is 13.3. The van der Waals surface area contributed by atoms with Gasteiger partial charge in [0.15, 0.2) is 0 Å². The van der Waals surface area contributed by atoms with Crippen LogP contribution in [0, 0.1) is 5.92 Å². The van der Waals surface area contributed by atoms with Crippen molar-refractivity contribution in [3.05, 3.63) is 0 Å². The van der Waals surface area contributed by atoms with E-state index in [1.165, 1.54) is 6.42 Å². The maximum Gasteiger partial charge on any atom is 0.373 e. The van der Waals surface area contributed by atoms with Crippen LogP contribution >= 0.6 is 0 Å². The van der Waals surface area contributed by atoms with Gasteiger partial charge in [-0.1, -0.05) is 20.3 Å². The van der Waals surface area contributed by atoms with Crippen LogP contribution in [0.25, 0.3) is 0 Å². The van der Waals surface area contributed by atoms with Crippen LogP contribution in [0.5, 0.6) is 0 Å². The summed E-state index contributed by atoms with van der Waals surface area (Å²) in [6, 6.07) is 0. The van der Waals surface area contributed by atoms with Crippen LogP contribution in [-0.4, -0.2) is 18.6 Å². The Hall–Kier alpha value is -0.0151. The predicted octanol–water partition coefficient (Wildman–Crippen LogP) is 0.732. The van der Waals surface area contributed by atoms with E-state index in [9.17, 15) is 0 Å². The van der Waals surface area contributed by atoms with Crippen LogP contribution < -0.4 is 5.23 Å². The van der Waals surface area contributed by atoms with Gasteiger partial charge in [0.05, 0.1) is 0 Å². The molecule has 0 aliphatic carbocycles. The summed E-state index contributed by atoms with van der Waals surface area (Å²) < 4.78 is 0. The van der Waals surface area contributed by atoms with E-state index >= 15 is 0 Å². The fraction of sp³-hybridized carbons (Fsp3) is 1.00. The molecule has 0 aromatic carbocycles. The molecule has 0 rings (SSSR count). The topological polar surface area (TPSA) is 32.3 Å². The number of nitrogens with one attached hydrogen (secondary N) is 1. The fourth-order valence-electron chi connectivity index (χ4n) is 0.516. The summed E-state index contributed by atoms with van der Waals surface area (Å²) in [6.07, 6.45) is 1.17. The van der Waals surface area contributed by atoms with Gasteiger partial charge < -0.3 is 10.3 Å². The summed E-state index contributed by atoms with van der Waals surface area (Å²) in [5.41, 5.74) is 0. The largest absolute Gasteiger partial charge is 0.437 e. The summed E-state index contributed by atoms with van der Waals surface area (Å²) in [4.78, 5) is 0. The summed E-state index contributed by atoms with van der Waals surface area (Å²) >= 11 is 0. The Kier molecular flexibility index (Phi) is 4.82. The zero-order valence-corrected chi connectivity index (χ0v) is 6.52. The molecular weight excluding hydrogens is 113 g/mol. The molecule has 2 N–H and O–H groups in total. The van der Waals surface area contributed by atoms with Crippen molar-refractivity contribution < 1.29 is 5.02 Å². The van der Waals surface area contributed by atoms with Crippen LogP contribution in [-0.2, 0) is 0 Å². The van der Waals surface area contributed by atoms with E-state index in [0.29, 0.717) is 5.92 Å². The molecule has 0 aromatic rings. The molecule has 1 atom stereocenters. The second-order valence-electron chi connectivity index (χ2n) is 2.60. The lowest BCUT2D eigenvalue weighted by Crippen LogP contribution is -2.33. The molecule has 1 unspecified atom stereocenters. The van der Waals surface area contributed by atoms with E-state index in [0.717, 1.165) is 6.54 Å². The van der Waals surface area contributed by atoms with Crippen molar-refractivity contribution in [2.45, 2.75) is 27.1 Å². The average Bonchev–Trinajstić information content (AvgIpc) is 1.83. The first-order valence-electron chi connectivity index (χ1n) is 3.58. The van der Waals surface area contributed by atoms with E-state index in [4.69, 9.17) is 5.02 Å². The highest BCUT2D eigenvalue weighted by Crippen LogP contribution is 1.96. The second kappa shape index (κ2) is 4.83. The molecule has 54 valence electrons. The van der Waals surface area contributed by atoms with Gasteiger partial charge in [0.25, 0.3) is 0 Å². The molecule has 9 heavy (non-hydrogen) atoms. The van der Waals surface area contributed by atoms with E-state index < -0.39 is 0 Å². The molecule has 0 aromatic heterocycles. The maximum atomic E-state index is 8.79. The Bertz CT molecular complexity index is 68.1. The van der Waals surface area contributed by atoms with Crippen molar-refractivity contribution in [2.24, 2.45) is 5.92 Å². The Morgan fingerprint density at radius 2 is 2.22 bits per heavy atom. The average molecular weight is 129 g/mol. The van der Waals surface area contributed by atoms with Crippen LogP contribution in [0.3, 0.4) is 0 Å². The van der Waals surface area contributed by atoms with E-state index in [-0.39, 0.29) is 7.05 Å². The van der Waals surface area contributed by atoms with Gasteiger partial charge >= 0.3 is 7.05 Å². The van der Waals surface area contributed by atoms with Gasteiger partial charge in [-0.2, -0.15) is 0 Å². The zero-order valence-electron chi connectivity index (χ0n) is 6.52. The van der Waals surface area contributed by atoms with Crippen molar-refractivity contribution in [3.63, 3.8) is 0 Å². The van der Waals surface area contributed by atoms with Gasteiger partial charge in [-0.05, 0) is 19.3 Å². The van der Waals surface area contributed by atoms with Gasteiger partial charge in [0, 0.05) is 0 Å². The lowest BCUT2D eigenvalue weighted by atomic mass is 9.88. The van der Waals surface area contributed by atoms with E-state index in [1.54, 1.807) is 6.82 Å². The minimum absolute atomic E-state index is 0.362. The van der Waals surface area contributed by atoms with Crippen molar-refractivity contribution in [3.8, 4) is 0 Å². The van der Waals surface area contributed by atoms with Crippen LogP contribution in [0.4, 0.5) is 0 Å². The zero-order chi connectivity index (χ0) is 7.28. The Morgan fingerprint density at radius 3 is 2.56 bits per heavy atom. The third kappa shape index (κ3) is 5.86. The van der Waals surface area contributed by atoms with Gasteiger partial charge in [-0.3, -0.25) is 0 Å². The van der Waals surface area contributed by atoms with Gasteiger partial charge in [0.2, 0.25) is 0 Å². The first-order chi connectivity index (χ1) is 4.16. The first kappa shape index (κ1) is 8.98. The van der Waals surface area contributed by atoms with Crippen LogP contribution in [0.15, 0.2) is 0 Å². The van der Waals surface area contributed by atoms with E-state index in [2.05, 4.69) is 19.1 Å². The highest BCUT2D eigenvalue weighted by Gasteiger charge is 2.03. The minimum Gasteiger partial charge on any atom is -0.437 e. The molecule has 0 aliphatic heterocycles. The molecule has 2 nitrogen and oxygen atoms in total. The monoisotopic (exact) mass is 129 g/mol. The Balaban J connectivity index is 3.06. The second-order valence-corrected chi connectivity index (χ2v) is 2.60. The van der Waals surface area contributed by atoms with Crippen LogP contribution in [0.1, 0.15) is 20.3 Å². The lowest BCUT2D eigenvalue weighted by molar-refractivity contribution is 0.505. The summed E-state index contributed by atoms with van der Waals surface area (Å²) in [5, 5.41) is 11.7. The molecule has 3 heteroatoms. The highest BCUT2D eigenvalue weighted by molar-refractivity contribution is 6.45. The van der Waals surface area contributed by atoms with Crippen LogP contribution in [0.2, 0.25) is 6.82 Å². The molecule has 0 spiro atoms. The van der Waals surface area contributed by atoms with Gasteiger partial charge in [-0.15, -0.1) is 0 Å². The van der Waals surface area contributed by atoms with Crippen molar-refractivity contribution in [1.82, 2.24) is 5.23 Å². The maximum absolute atomic E-state index is 8.79. The minimum atomic E-state index is -0.362. The van der Waals surface area contributed by atoms with Gasteiger partial charge in [0.1, 0.15) is 0 Å². The molecular formula is C6H16BNO. The molecule has 0 heterocycles. The standard InChI is InChI=1S/C6H16BNO/c1-4-6(2)5-8-7(3)9/h6,8-9H,4-5H2,1-3H3. The predicted molar refractivity (Wildman–Crippen MR) is 41.3 cm³/mol. The van der Waals surface area contributed by atoms with Crippen molar-refractivity contribution in [2.75, 3.05) is 6.54 Å². The third-order valence-electron chi connectivity index (χ3n) is 1.46. The summed E-state index contributed by atoms with van der Waals surface area (Å²) in [7, 11) is -0.362. The van der Waals surface area contributed by atoms with Gasteiger partial charge in [-0.25, -0.2) is 0 Å². The summed E-state index contributed by atoms with van der Waals surface area (Å²) in [5.74, 6) is 0.666. The third-order valence-corrected chi connectivity index (χ3v) is 1.46. The Morgan fingerprint density at radius 1 is 1.67 bits per heavy atom. The first-order valence-corrected chi connectivity index (χ1v) is 3.58. The quantitative estimate of drug-likeness (QED) is 0.548. The molecule has 0 saturated heterocycles. The van der Waals surface area contributed by atoms with E-state index in [1.807, 2.05) is 0 Å². The number of hydrogen-bond acceptors (Lipinski definition) is 2. The SMILES string of the molecule is CCC(C)CNB(C)O. The highest BCUT2D eigenvalue weighted by atomic mass is 16.2. The Labute approximate surface area is 57.8 Å². The number of hydrogen-bond donors (Lipinski definition) is 2. The molecule has 0 bridgehead atoms. The van der Waals surface area contributed by atoms with Crippen molar-refractivity contribution >= 4 is 7.05 Å². The van der Waals surface area contributed by atoms with Crippen molar-refractivity contribution in [1.29, 1.82) is 0 Å². The lowest BCUT2D eigenvalue weighted by Gasteiger charge is -2.09. The molecule has 0 aliphatic rings. The summed E-state index contributed by atoms with van der Waals surface area (Å²) in [6.45, 7) is 6.96. The molecule has 0 amide bonds.